The van der Waals surface area contributed by atoms with Gasteiger partial charge in [-0.2, -0.15) is 0 Å². The van der Waals surface area contributed by atoms with E-state index in [1.54, 1.807) is 0 Å². The van der Waals surface area contributed by atoms with Crippen LogP contribution >= 0.6 is 0 Å². The van der Waals surface area contributed by atoms with E-state index in [0.29, 0.717) is 5.92 Å². The van der Waals surface area contributed by atoms with E-state index in [2.05, 4.69) is 75.3 Å². The summed E-state index contributed by atoms with van der Waals surface area (Å²) in [5.41, 5.74) is 3.67. The zero-order chi connectivity index (χ0) is 28.3. The molecule has 6 rings (SSSR count). The first-order chi connectivity index (χ1) is 19.4. The fraction of sp³-hybridized carbons (Fsp3) is 0.595. The number of nitrogens with zero attached hydrogens (tertiary/aromatic N) is 1. The number of aromatic nitrogens is 1. The minimum atomic E-state index is -0.309. The zero-order valence-electron chi connectivity index (χ0n) is 25.5. The number of hydrogen-bond acceptors (Lipinski definition) is 3. The van der Waals surface area contributed by atoms with Gasteiger partial charge in [0, 0.05) is 37.6 Å². The molecule has 3 saturated carbocycles. The third-order valence-electron chi connectivity index (χ3n) is 11.6. The molecule has 2 aromatic carbocycles. The Balaban J connectivity index is 0.000000186. The van der Waals surface area contributed by atoms with E-state index in [-0.39, 0.29) is 49.1 Å². The summed E-state index contributed by atoms with van der Waals surface area (Å²) in [7, 11) is 0. The number of rotatable bonds is 6. The molecule has 3 fully saturated rings. The van der Waals surface area contributed by atoms with Crippen molar-refractivity contribution >= 4 is 10.8 Å². The van der Waals surface area contributed by atoms with E-state index in [1.807, 2.05) is 18.2 Å². The Kier molecular flexibility index (Phi) is 10.9. The molecule has 3 aromatic rings. The van der Waals surface area contributed by atoms with Crippen molar-refractivity contribution in [1.29, 1.82) is 0 Å². The molecule has 0 aliphatic heterocycles. The topological polar surface area (TPSA) is 53.4 Å². The van der Waals surface area contributed by atoms with Crippen LogP contribution in [0, 0.1) is 28.7 Å². The van der Waals surface area contributed by atoms with Crippen LogP contribution in [0.4, 0.5) is 0 Å². The number of pyridine rings is 1. The zero-order valence-corrected chi connectivity index (χ0v) is 27.9. The largest absolute Gasteiger partial charge is 0.392 e. The van der Waals surface area contributed by atoms with Gasteiger partial charge in [0.15, 0.2) is 0 Å². The fourth-order valence-corrected chi connectivity index (χ4v) is 8.67. The van der Waals surface area contributed by atoms with Crippen LogP contribution in [0.3, 0.4) is 0 Å². The first-order valence-corrected chi connectivity index (χ1v) is 16.1. The molecule has 3 aliphatic rings. The Morgan fingerprint density at radius 1 is 0.854 bits per heavy atom. The van der Waals surface area contributed by atoms with E-state index >= 15 is 0 Å². The van der Waals surface area contributed by atoms with Gasteiger partial charge in [0.05, 0.1) is 12.2 Å². The molecule has 4 atom stereocenters. The molecule has 3 nitrogen and oxygen atoms in total. The van der Waals surface area contributed by atoms with Crippen molar-refractivity contribution in [3.8, 4) is 11.3 Å². The second kappa shape index (κ2) is 13.8. The molecule has 0 bridgehead atoms. The summed E-state index contributed by atoms with van der Waals surface area (Å²) in [6.07, 6.45) is 14.4. The third-order valence-corrected chi connectivity index (χ3v) is 11.6. The van der Waals surface area contributed by atoms with E-state index in [4.69, 9.17) is 0 Å². The smallest absolute Gasteiger partial charge is 0.0651 e. The predicted molar refractivity (Wildman–Crippen MR) is 166 cm³/mol. The summed E-state index contributed by atoms with van der Waals surface area (Å²) in [5.74, 6) is 1.38. The number of aliphatic hydroxyl groups is 2. The maximum absolute atomic E-state index is 10.9. The molecule has 4 heteroatoms. The standard InChI is InChI=1S/C20H18N.C17H32O2.Ir/c1-2-9-16(10-3-1)20-13-17-11-6-12-18(19(17)14-21-20)15-7-4-5-8-15;1-5-16(6-2)10-9-12-11-17(7-3,8-4)15(19)13(12)14(16)18;/h1-3,6,9,11-15H,4-5,7-8H2;12-15,18-19H,5-11H2,1-4H3;/q-1;;. The van der Waals surface area contributed by atoms with E-state index in [1.165, 1.54) is 48.4 Å². The van der Waals surface area contributed by atoms with Crippen LogP contribution in [0.1, 0.15) is 110 Å². The van der Waals surface area contributed by atoms with Gasteiger partial charge < -0.3 is 15.2 Å². The van der Waals surface area contributed by atoms with Crippen LogP contribution in [-0.4, -0.2) is 27.4 Å². The average Bonchev–Trinajstić information content (AvgIpc) is 3.65. The summed E-state index contributed by atoms with van der Waals surface area (Å²) < 4.78 is 0. The van der Waals surface area contributed by atoms with Crippen LogP contribution < -0.4 is 0 Å². The monoisotopic (exact) mass is 733 g/mol. The second-order valence-corrected chi connectivity index (χ2v) is 13.0. The molecule has 4 unspecified atom stereocenters. The maximum atomic E-state index is 10.9. The predicted octanol–water partition coefficient (Wildman–Crippen LogP) is 9.11. The van der Waals surface area contributed by atoms with Crippen molar-refractivity contribution in [3.63, 3.8) is 0 Å². The Labute approximate surface area is 261 Å². The second-order valence-electron chi connectivity index (χ2n) is 13.0. The van der Waals surface area contributed by atoms with Gasteiger partial charge in [-0.05, 0) is 97.1 Å². The first kappa shape index (κ1) is 32.3. The molecule has 0 amide bonds. The Morgan fingerprint density at radius 3 is 2.17 bits per heavy atom. The van der Waals surface area contributed by atoms with Gasteiger partial charge in [0.1, 0.15) is 0 Å². The Bertz CT molecular complexity index is 1240. The Morgan fingerprint density at radius 2 is 1.54 bits per heavy atom. The van der Waals surface area contributed by atoms with Crippen molar-refractivity contribution in [1.82, 2.24) is 4.98 Å². The number of hydrogen-bond donors (Lipinski definition) is 2. The van der Waals surface area contributed by atoms with Crippen LogP contribution in [0.2, 0.25) is 0 Å². The van der Waals surface area contributed by atoms with Gasteiger partial charge in [0.2, 0.25) is 0 Å². The molecule has 225 valence electrons. The minimum absolute atomic E-state index is 0. The van der Waals surface area contributed by atoms with Crippen molar-refractivity contribution < 1.29 is 30.3 Å². The quantitative estimate of drug-likeness (QED) is 0.249. The fourth-order valence-electron chi connectivity index (χ4n) is 8.67. The summed E-state index contributed by atoms with van der Waals surface area (Å²) in [6.45, 7) is 8.79. The number of benzene rings is 2. The van der Waals surface area contributed by atoms with Crippen molar-refractivity contribution in [2.24, 2.45) is 22.7 Å². The maximum Gasteiger partial charge on any atom is 0.0651 e. The molecular weight excluding hydrogens is 683 g/mol. The molecule has 1 radical (unpaired) electrons. The SMILES string of the molecule is CCC1(CC)CCC2CC(CC)(CC)C(O)C2C1O.[Ir].[c-]1ccccc1-c1cc2cccc(C3CCCC3)c2cn1. The van der Waals surface area contributed by atoms with E-state index < -0.39 is 0 Å². The van der Waals surface area contributed by atoms with Gasteiger partial charge in [-0.25, -0.2) is 0 Å². The summed E-state index contributed by atoms with van der Waals surface area (Å²) in [5, 5.41) is 24.4. The first-order valence-electron chi connectivity index (χ1n) is 16.1. The Hall–Kier alpha value is -1.58. The van der Waals surface area contributed by atoms with E-state index in [9.17, 15) is 10.2 Å². The molecule has 41 heavy (non-hydrogen) atoms. The van der Waals surface area contributed by atoms with Gasteiger partial charge in [0.25, 0.3) is 0 Å². The minimum Gasteiger partial charge on any atom is -0.392 e. The van der Waals surface area contributed by atoms with Gasteiger partial charge in [-0.1, -0.05) is 64.8 Å². The van der Waals surface area contributed by atoms with Gasteiger partial charge in [-0.3, -0.25) is 0 Å². The molecule has 1 heterocycles. The van der Waals surface area contributed by atoms with Crippen molar-refractivity contribution in [2.75, 3.05) is 0 Å². The van der Waals surface area contributed by atoms with Gasteiger partial charge >= 0.3 is 0 Å². The van der Waals surface area contributed by atoms with Crippen molar-refractivity contribution in [2.45, 2.75) is 116 Å². The molecule has 0 saturated heterocycles. The molecular formula is C37H50IrNO2-. The normalized spacial score (nSPS) is 26.6. The average molecular weight is 733 g/mol. The van der Waals surface area contributed by atoms with E-state index in [0.717, 1.165) is 55.7 Å². The molecule has 1 aromatic heterocycles. The van der Waals surface area contributed by atoms with Crippen LogP contribution in [-0.2, 0) is 20.1 Å². The summed E-state index contributed by atoms with van der Waals surface area (Å²) in [6, 6.07) is 20.2. The van der Waals surface area contributed by atoms with Crippen LogP contribution in [0.15, 0.2) is 54.7 Å². The van der Waals surface area contributed by atoms with Crippen LogP contribution in [0.25, 0.3) is 22.0 Å². The van der Waals surface area contributed by atoms with Crippen molar-refractivity contribution in [3.05, 3.63) is 66.4 Å². The summed E-state index contributed by atoms with van der Waals surface area (Å²) in [4.78, 5) is 4.68. The number of aliphatic hydroxyl groups excluding tert-OH is 2. The van der Waals surface area contributed by atoms with Crippen LogP contribution in [0.5, 0.6) is 0 Å². The number of fused-ring (bicyclic) bond motifs is 2. The summed E-state index contributed by atoms with van der Waals surface area (Å²) >= 11 is 0. The third kappa shape index (κ3) is 6.10. The van der Waals surface area contributed by atoms with Gasteiger partial charge in [-0.15, -0.1) is 35.9 Å². The molecule has 3 aliphatic carbocycles. The molecule has 0 spiro atoms. The molecule has 2 N–H and O–H groups in total.